The van der Waals surface area contributed by atoms with Crippen molar-refractivity contribution in [2.24, 2.45) is 0 Å². The number of rotatable bonds is 7. The van der Waals surface area contributed by atoms with E-state index < -0.39 is 0 Å². The van der Waals surface area contributed by atoms with Crippen LogP contribution in [0.1, 0.15) is 11.1 Å². The van der Waals surface area contributed by atoms with Crippen molar-refractivity contribution in [2.75, 3.05) is 9.80 Å². The summed E-state index contributed by atoms with van der Waals surface area (Å²) in [5.41, 5.74) is 13.9. The van der Waals surface area contributed by atoms with Crippen molar-refractivity contribution in [3.8, 4) is 5.69 Å². The number of furan rings is 1. The first-order chi connectivity index (χ1) is 30.6. The van der Waals surface area contributed by atoms with Gasteiger partial charge in [-0.25, -0.2) is 0 Å². The minimum atomic E-state index is 0.856. The van der Waals surface area contributed by atoms with E-state index in [4.69, 9.17) is 4.42 Å². The zero-order valence-corrected chi connectivity index (χ0v) is 34.5. The highest BCUT2D eigenvalue weighted by Crippen LogP contribution is 2.50. The van der Waals surface area contributed by atoms with E-state index in [0.29, 0.717) is 0 Å². The molecule has 0 amide bonds. The van der Waals surface area contributed by atoms with Crippen molar-refractivity contribution in [1.29, 1.82) is 0 Å². The number of aromatic nitrogens is 1. The van der Waals surface area contributed by atoms with Crippen LogP contribution in [-0.2, 0) is 0 Å². The zero-order chi connectivity index (χ0) is 41.3. The third-order valence-electron chi connectivity index (χ3n) is 12.4. The molecule has 0 fully saturated rings. The van der Waals surface area contributed by atoms with E-state index in [0.717, 1.165) is 72.8 Å². The molecule has 12 rings (SSSR count). The van der Waals surface area contributed by atoms with Gasteiger partial charge < -0.3 is 18.8 Å². The summed E-state index contributed by atoms with van der Waals surface area (Å²) in [5, 5.41) is 9.31. The Labute approximate surface area is 359 Å². The molecule has 2 heterocycles. The summed E-state index contributed by atoms with van der Waals surface area (Å²) in [4.78, 5) is 4.83. The molecule has 0 atom stereocenters. The number of fused-ring (bicyclic) bond motifs is 10. The van der Waals surface area contributed by atoms with Gasteiger partial charge >= 0.3 is 0 Å². The number of hydrogen-bond donors (Lipinski definition) is 0. The van der Waals surface area contributed by atoms with Crippen LogP contribution in [0.25, 0.3) is 71.0 Å². The van der Waals surface area contributed by atoms with Gasteiger partial charge in [0.05, 0.1) is 28.1 Å². The lowest BCUT2D eigenvalue weighted by Crippen LogP contribution is -2.11. The van der Waals surface area contributed by atoms with Gasteiger partial charge in [-0.3, -0.25) is 0 Å². The molecular weight excluding hydrogens is 755 g/mol. The fraction of sp³-hybridized carbons (Fsp3) is 0.0345. The highest BCUT2D eigenvalue weighted by molar-refractivity contribution is 6.32. The van der Waals surface area contributed by atoms with Gasteiger partial charge in [0.2, 0.25) is 0 Å². The number of anilines is 6. The molecule has 4 nitrogen and oxygen atoms in total. The molecule has 62 heavy (non-hydrogen) atoms. The second kappa shape index (κ2) is 14.3. The topological polar surface area (TPSA) is 24.6 Å². The number of benzene rings is 10. The first-order valence-corrected chi connectivity index (χ1v) is 21.3. The summed E-state index contributed by atoms with van der Waals surface area (Å²) in [6.07, 6.45) is 0. The van der Waals surface area contributed by atoms with Gasteiger partial charge in [-0.15, -0.1) is 0 Å². The number of para-hydroxylation sites is 4. The molecule has 10 aromatic carbocycles. The third-order valence-corrected chi connectivity index (χ3v) is 12.4. The van der Waals surface area contributed by atoms with Crippen LogP contribution in [-0.4, -0.2) is 4.57 Å². The number of aryl methyl sites for hydroxylation is 2. The van der Waals surface area contributed by atoms with Gasteiger partial charge in [0.1, 0.15) is 5.58 Å². The molecule has 0 N–H and O–H groups in total. The van der Waals surface area contributed by atoms with E-state index >= 15 is 0 Å². The third kappa shape index (κ3) is 5.61. The Hall–Kier alpha value is -8.08. The maximum absolute atomic E-state index is 6.90. The van der Waals surface area contributed by atoms with E-state index in [1.165, 1.54) is 43.4 Å². The lowest BCUT2D eigenvalue weighted by Gasteiger charge is -2.27. The lowest BCUT2D eigenvalue weighted by atomic mass is 9.96. The first-order valence-electron chi connectivity index (χ1n) is 21.3. The van der Waals surface area contributed by atoms with Crippen molar-refractivity contribution in [3.05, 3.63) is 223 Å². The number of hydrogen-bond acceptors (Lipinski definition) is 3. The van der Waals surface area contributed by atoms with Gasteiger partial charge in [-0.05, 0) is 109 Å². The predicted molar refractivity (Wildman–Crippen MR) is 262 cm³/mol. The molecule has 0 saturated heterocycles. The normalized spacial score (nSPS) is 11.7. The van der Waals surface area contributed by atoms with E-state index in [-0.39, 0.29) is 0 Å². The summed E-state index contributed by atoms with van der Waals surface area (Å²) in [7, 11) is 0. The van der Waals surface area contributed by atoms with Gasteiger partial charge in [0, 0.05) is 55.1 Å². The second-order valence-electron chi connectivity index (χ2n) is 16.3. The highest BCUT2D eigenvalue weighted by Gasteiger charge is 2.27. The molecule has 0 aliphatic carbocycles. The molecular formula is C58H41N3O. The molecule has 0 aliphatic heterocycles. The minimum absolute atomic E-state index is 0.856. The fourth-order valence-corrected chi connectivity index (χ4v) is 9.77. The molecule has 0 radical (unpaired) electrons. The lowest BCUT2D eigenvalue weighted by molar-refractivity contribution is 0.666. The monoisotopic (exact) mass is 795 g/mol. The summed E-state index contributed by atoms with van der Waals surface area (Å²) >= 11 is 0. The molecule has 294 valence electrons. The average Bonchev–Trinajstić information content (AvgIpc) is 3.86. The molecule has 0 saturated carbocycles. The maximum Gasteiger partial charge on any atom is 0.159 e. The second-order valence-corrected chi connectivity index (χ2v) is 16.3. The van der Waals surface area contributed by atoms with Crippen molar-refractivity contribution in [2.45, 2.75) is 13.8 Å². The zero-order valence-electron chi connectivity index (χ0n) is 34.5. The van der Waals surface area contributed by atoms with Crippen LogP contribution in [0.5, 0.6) is 0 Å². The summed E-state index contributed by atoms with van der Waals surface area (Å²) in [5.74, 6) is 0. The Balaban J connectivity index is 1.29. The Morgan fingerprint density at radius 3 is 1.29 bits per heavy atom. The van der Waals surface area contributed by atoms with Crippen LogP contribution in [0, 0.1) is 13.8 Å². The molecule has 0 bridgehead atoms. The SMILES string of the molecule is Cc1cccc(N(c2ccccc2)c2cc3c(c4ccccc24)c2c4ccccc4c(N(c4ccccc4)c4cccc(C)c4)cc2n3-c2cccc3c2oc2ccccc23)c1. The Morgan fingerprint density at radius 2 is 0.774 bits per heavy atom. The van der Waals surface area contributed by atoms with E-state index in [2.05, 4.69) is 241 Å². The van der Waals surface area contributed by atoms with Crippen LogP contribution in [0.2, 0.25) is 0 Å². The van der Waals surface area contributed by atoms with E-state index in [1.54, 1.807) is 0 Å². The minimum Gasteiger partial charge on any atom is -0.454 e. The average molecular weight is 796 g/mol. The van der Waals surface area contributed by atoms with Crippen LogP contribution in [0.15, 0.2) is 217 Å². The molecule has 2 aromatic heterocycles. The van der Waals surface area contributed by atoms with Gasteiger partial charge in [-0.1, -0.05) is 140 Å². The standard InChI is InChI=1S/C58H41N3O/c1-38-18-15-24-42(34-38)59(40-20-5-3-6-21-40)51-36-53-56(47-29-11-9-26-44(47)51)57-48-30-12-10-27-45(48)52(60(41-22-7-4-8-23-41)43-25-16-19-39(2)35-43)37-54(57)61(53)50-32-17-31-49-46-28-13-14-33-55(46)62-58(49)50/h3-37H,1-2H3. The van der Waals surface area contributed by atoms with Crippen molar-refractivity contribution < 1.29 is 4.42 Å². The predicted octanol–water partition coefficient (Wildman–Crippen LogP) is 16.5. The van der Waals surface area contributed by atoms with Crippen LogP contribution in [0.3, 0.4) is 0 Å². The first kappa shape index (κ1) is 35.8. The van der Waals surface area contributed by atoms with Gasteiger partial charge in [0.15, 0.2) is 5.58 Å². The smallest absolute Gasteiger partial charge is 0.159 e. The maximum atomic E-state index is 6.90. The number of nitrogens with zero attached hydrogens (tertiary/aromatic N) is 3. The summed E-state index contributed by atoms with van der Waals surface area (Å²) in [6, 6.07) is 76.8. The Kier molecular flexibility index (Phi) is 8.26. The molecule has 0 aliphatic rings. The van der Waals surface area contributed by atoms with Gasteiger partial charge in [0.25, 0.3) is 0 Å². The fourth-order valence-electron chi connectivity index (χ4n) is 9.77. The van der Waals surface area contributed by atoms with Crippen molar-refractivity contribution >= 4 is 99.4 Å². The largest absolute Gasteiger partial charge is 0.454 e. The van der Waals surface area contributed by atoms with E-state index in [9.17, 15) is 0 Å². The van der Waals surface area contributed by atoms with E-state index in [1.807, 2.05) is 0 Å². The van der Waals surface area contributed by atoms with Crippen LogP contribution >= 0.6 is 0 Å². The van der Waals surface area contributed by atoms with Crippen molar-refractivity contribution in [3.63, 3.8) is 0 Å². The Bertz CT molecular complexity index is 3490. The molecule has 0 unspecified atom stereocenters. The summed E-state index contributed by atoms with van der Waals surface area (Å²) in [6.45, 7) is 4.33. The quantitative estimate of drug-likeness (QED) is 0.161. The van der Waals surface area contributed by atoms with Gasteiger partial charge in [-0.2, -0.15) is 0 Å². The summed E-state index contributed by atoms with van der Waals surface area (Å²) < 4.78 is 9.37. The van der Waals surface area contributed by atoms with Crippen molar-refractivity contribution in [1.82, 2.24) is 4.57 Å². The highest BCUT2D eigenvalue weighted by atomic mass is 16.3. The van der Waals surface area contributed by atoms with Crippen LogP contribution < -0.4 is 9.80 Å². The molecule has 0 spiro atoms. The molecule has 4 heteroatoms. The molecule has 12 aromatic rings. The van der Waals surface area contributed by atoms with Crippen LogP contribution in [0.4, 0.5) is 34.1 Å². The Morgan fingerprint density at radius 1 is 0.355 bits per heavy atom.